The number of carbonyl (C=O) groups is 2. The van der Waals surface area contributed by atoms with E-state index in [4.69, 9.17) is 24.1 Å². The smallest absolute Gasteiger partial charge is 0.337 e. The van der Waals surface area contributed by atoms with Gasteiger partial charge in [0.05, 0.1) is 25.8 Å². The fourth-order valence-corrected chi connectivity index (χ4v) is 3.18. The molecule has 0 atom stereocenters. The van der Waals surface area contributed by atoms with Gasteiger partial charge in [0.2, 0.25) is 6.79 Å². The molecule has 0 bridgehead atoms. The van der Waals surface area contributed by atoms with Gasteiger partial charge in [-0.05, 0) is 36.4 Å². The Bertz CT molecular complexity index is 1000. The van der Waals surface area contributed by atoms with Crippen LogP contribution >= 0.6 is 0 Å². The monoisotopic (exact) mass is 412 g/mol. The Morgan fingerprint density at radius 2 is 1.87 bits per heavy atom. The number of carbonyl (C=O) groups excluding carboxylic acids is 2. The number of methoxy groups -OCH3 is 1. The van der Waals surface area contributed by atoms with E-state index < -0.39 is 5.97 Å². The summed E-state index contributed by atoms with van der Waals surface area (Å²) in [5.41, 5.74) is 0.958. The Morgan fingerprint density at radius 3 is 2.60 bits per heavy atom. The molecule has 4 rings (SSSR count). The van der Waals surface area contributed by atoms with Crippen LogP contribution in [0.3, 0.4) is 0 Å². The van der Waals surface area contributed by atoms with Gasteiger partial charge in [-0.15, -0.1) is 0 Å². The van der Waals surface area contributed by atoms with Crippen LogP contribution in [0.1, 0.15) is 0 Å². The first-order chi connectivity index (χ1) is 14.6. The van der Waals surface area contributed by atoms with E-state index >= 15 is 0 Å². The number of nitrogens with one attached hydrogen (secondary N) is 1. The van der Waals surface area contributed by atoms with Crippen molar-refractivity contribution in [1.29, 1.82) is 0 Å². The molecular weight excluding hydrogens is 392 g/mol. The first-order valence-corrected chi connectivity index (χ1v) is 9.25. The lowest BCUT2D eigenvalue weighted by molar-refractivity contribution is -0.136. The second-order valence-corrected chi connectivity index (χ2v) is 6.56. The van der Waals surface area contributed by atoms with E-state index in [9.17, 15) is 9.59 Å². The number of rotatable bonds is 7. The summed E-state index contributed by atoms with van der Waals surface area (Å²) in [5.74, 6) is 1.52. The number of hydrogen-bond acceptors (Lipinski definition) is 8. The van der Waals surface area contributed by atoms with Crippen LogP contribution in [0.15, 0.2) is 53.7 Å². The number of aliphatic hydroxyl groups is 1. The largest absolute Gasteiger partial charge is 0.466 e. The number of β-amino-alcohol motifs (C(OH)–C–C–N with tert-alkyl or cyclic N) is 1. The molecule has 2 aromatic rings. The SMILES string of the molecule is COC(=O)C1=C(Nc2ccc(Oc3ccc4c(c3)OCO4)cc2)C(=O)N(CCO)C1. The average molecular weight is 412 g/mol. The molecule has 30 heavy (non-hydrogen) atoms. The van der Waals surface area contributed by atoms with E-state index in [2.05, 4.69) is 5.32 Å². The van der Waals surface area contributed by atoms with Crippen LogP contribution in [0.2, 0.25) is 0 Å². The molecule has 1 amide bonds. The number of hydrogen-bond donors (Lipinski definition) is 2. The first kappa shape index (κ1) is 19.6. The van der Waals surface area contributed by atoms with Crippen molar-refractivity contribution < 1.29 is 33.6 Å². The molecule has 0 unspecified atom stereocenters. The zero-order chi connectivity index (χ0) is 21.1. The summed E-state index contributed by atoms with van der Waals surface area (Å²) in [6.07, 6.45) is 0. The maximum absolute atomic E-state index is 12.6. The molecule has 2 aliphatic heterocycles. The molecule has 2 heterocycles. The van der Waals surface area contributed by atoms with Crippen molar-refractivity contribution in [2.24, 2.45) is 0 Å². The van der Waals surface area contributed by atoms with Crippen molar-refractivity contribution in [1.82, 2.24) is 4.90 Å². The molecule has 2 N–H and O–H groups in total. The van der Waals surface area contributed by atoms with Gasteiger partial charge in [0, 0.05) is 18.3 Å². The zero-order valence-corrected chi connectivity index (χ0v) is 16.2. The first-order valence-electron chi connectivity index (χ1n) is 9.25. The predicted octanol–water partition coefficient (Wildman–Crippen LogP) is 1.88. The molecule has 9 nitrogen and oxygen atoms in total. The minimum absolute atomic E-state index is 0.0830. The minimum atomic E-state index is -0.589. The maximum Gasteiger partial charge on any atom is 0.337 e. The van der Waals surface area contributed by atoms with E-state index in [1.54, 1.807) is 42.5 Å². The maximum atomic E-state index is 12.6. The molecule has 0 aromatic heterocycles. The summed E-state index contributed by atoms with van der Waals surface area (Å²) in [5, 5.41) is 12.1. The number of aliphatic hydroxyl groups excluding tert-OH is 1. The lowest BCUT2D eigenvalue weighted by Crippen LogP contribution is -2.31. The van der Waals surface area contributed by atoms with Crippen molar-refractivity contribution >= 4 is 17.6 Å². The van der Waals surface area contributed by atoms with Crippen molar-refractivity contribution in [3.8, 4) is 23.0 Å². The van der Waals surface area contributed by atoms with Gasteiger partial charge in [0.25, 0.3) is 5.91 Å². The molecule has 156 valence electrons. The van der Waals surface area contributed by atoms with E-state index in [0.717, 1.165) is 0 Å². The zero-order valence-electron chi connectivity index (χ0n) is 16.2. The molecule has 0 fully saturated rings. The summed E-state index contributed by atoms with van der Waals surface area (Å²) >= 11 is 0. The third-order valence-electron chi connectivity index (χ3n) is 4.66. The molecule has 0 saturated carbocycles. The van der Waals surface area contributed by atoms with Crippen LogP contribution in [0.25, 0.3) is 0 Å². The van der Waals surface area contributed by atoms with Crippen molar-refractivity contribution in [3.63, 3.8) is 0 Å². The molecular formula is C21H20N2O7. The van der Waals surface area contributed by atoms with Gasteiger partial charge < -0.3 is 34.3 Å². The molecule has 0 aliphatic carbocycles. The number of fused-ring (bicyclic) bond motifs is 1. The Hall–Kier alpha value is -3.72. The summed E-state index contributed by atoms with van der Waals surface area (Å²) in [4.78, 5) is 26.0. The second kappa shape index (κ2) is 8.34. The van der Waals surface area contributed by atoms with Crippen molar-refractivity contribution in [2.75, 3.05) is 38.9 Å². The Balaban J connectivity index is 1.48. The highest BCUT2D eigenvalue weighted by molar-refractivity contribution is 6.08. The minimum Gasteiger partial charge on any atom is -0.466 e. The van der Waals surface area contributed by atoms with E-state index in [0.29, 0.717) is 28.7 Å². The predicted molar refractivity (Wildman–Crippen MR) is 105 cm³/mol. The van der Waals surface area contributed by atoms with E-state index in [-0.39, 0.29) is 43.7 Å². The summed E-state index contributed by atoms with van der Waals surface area (Å²) in [6, 6.07) is 12.2. The molecule has 0 spiro atoms. The normalized spacial score (nSPS) is 14.9. The number of ether oxygens (including phenoxy) is 4. The molecule has 2 aromatic carbocycles. The van der Waals surface area contributed by atoms with Gasteiger partial charge in [0.1, 0.15) is 17.2 Å². The number of benzene rings is 2. The fraction of sp³-hybridized carbons (Fsp3) is 0.238. The van der Waals surface area contributed by atoms with Crippen LogP contribution in [-0.4, -0.2) is 55.5 Å². The number of anilines is 1. The van der Waals surface area contributed by atoms with E-state index in [1.165, 1.54) is 12.0 Å². The van der Waals surface area contributed by atoms with Gasteiger partial charge in [-0.25, -0.2) is 4.79 Å². The van der Waals surface area contributed by atoms with Gasteiger partial charge in [-0.3, -0.25) is 4.79 Å². The van der Waals surface area contributed by atoms with Crippen LogP contribution in [0, 0.1) is 0 Å². The summed E-state index contributed by atoms with van der Waals surface area (Å²) < 4.78 is 21.2. The van der Waals surface area contributed by atoms with E-state index in [1.807, 2.05) is 0 Å². The quantitative estimate of drug-likeness (QED) is 0.664. The summed E-state index contributed by atoms with van der Waals surface area (Å²) in [6.45, 7) is 0.211. The summed E-state index contributed by atoms with van der Waals surface area (Å²) in [7, 11) is 1.26. The van der Waals surface area contributed by atoms with Crippen molar-refractivity contribution in [2.45, 2.75) is 0 Å². The van der Waals surface area contributed by atoms with Gasteiger partial charge in [-0.2, -0.15) is 0 Å². The Morgan fingerprint density at radius 1 is 1.13 bits per heavy atom. The average Bonchev–Trinajstić information content (AvgIpc) is 3.34. The third-order valence-corrected chi connectivity index (χ3v) is 4.66. The molecule has 0 radical (unpaired) electrons. The highest BCUT2D eigenvalue weighted by atomic mass is 16.7. The Kier molecular flexibility index (Phi) is 5.44. The molecule has 0 saturated heterocycles. The number of esters is 1. The lowest BCUT2D eigenvalue weighted by Gasteiger charge is -2.15. The molecule has 2 aliphatic rings. The second-order valence-electron chi connectivity index (χ2n) is 6.56. The molecule has 9 heteroatoms. The topological polar surface area (TPSA) is 107 Å². The number of nitrogens with zero attached hydrogens (tertiary/aromatic N) is 1. The number of amides is 1. The third kappa shape index (κ3) is 3.87. The van der Waals surface area contributed by atoms with Gasteiger partial charge in [-0.1, -0.05) is 0 Å². The Labute approximate surface area is 172 Å². The van der Waals surface area contributed by atoms with Gasteiger partial charge >= 0.3 is 5.97 Å². The standard InChI is InChI=1S/C21H20N2O7/c1-27-21(26)16-11-23(8-9-24)20(25)19(16)22-13-2-4-14(5-3-13)30-15-6-7-17-18(10-15)29-12-28-17/h2-7,10,22,24H,8-9,11-12H2,1H3. The fourth-order valence-electron chi connectivity index (χ4n) is 3.18. The van der Waals surface area contributed by atoms with Crippen LogP contribution in [0.4, 0.5) is 5.69 Å². The van der Waals surface area contributed by atoms with Crippen LogP contribution in [-0.2, 0) is 14.3 Å². The highest BCUT2D eigenvalue weighted by Crippen LogP contribution is 2.36. The van der Waals surface area contributed by atoms with Gasteiger partial charge in [0.15, 0.2) is 11.5 Å². The highest BCUT2D eigenvalue weighted by Gasteiger charge is 2.34. The lowest BCUT2D eigenvalue weighted by atomic mass is 10.2. The van der Waals surface area contributed by atoms with Crippen LogP contribution in [0.5, 0.6) is 23.0 Å². The van der Waals surface area contributed by atoms with Crippen LogP contribution < -0.4 is 19.5 Å². The van der Waals surface area contributed by atoms with Crippen molar-refractivity contribution in [3.05, 3.63) is 53.7 Å².